The third kappa shape index (κ3) is 5.58. The lowest BCUT2D eigenvalue weighted by Gasteiger charge is -2.32. The summed E-state index contributed by atoms with van der Waals surface area (Å²) >= 11 is 0. The van der Waals surface area contributed by atoms with Gasteiger partial charge in [0.15, 0.2) is 0 Å². The van der Waals surface area contributed by atoms with Crippen LogP contribution in [-0.4, -0.2) is 25.7 Å². The summed E-state index contributed by atoms with van der Waals surface area (Å²) in [6.07, 6.45) is 8.71. The van der Waals surface area contributed by atoms with Crippen molar-refractivity contribution in [2.45, 2.75) is 57.9 Å². The molecule has 0 bridgehead atoms. The predicted octanol–water partition coefficient (Wildman–Crippen LogP) is 3.96. The van der Waals surface area contributed by atoms with E-state index in [-0.39, 0.29) is 0 Å². The molecule has 1 atom stereocenters. The van der Waals surface area contributed by atoms with E-state index < -0.39 is 0 Å². The molecule has 1 heterocycles. The van der Waals surface area contributed by atoms with E-state index in [1.807, 2.05) is 0 Å². The van der Waals surface area contributed by atoms with Crippen LogP contribution in [0.15, 0.2) is 24.3 Å². The Labute approximate surface area is 129 Å². The Balaban J connectivity index is 1.78. The second kappa shape index (κ2) is 8.93. The molecule has 3 nitrogen and oxygen atoms in total. The number of nitrogens with zero attached hydrogens (tertiary/aromatic N) is 1. The first-order chi connectivity index (χ1) is 10.3. The van der Waals surface area contributed by atoms with Crippen LogP contribution in [0.4, 0.5) is 5.69 Å². The standard InChI is InChI=1S/C18H30N2O/c1-2-3-4-5-6-13-21-18-11-7-10-17(14-18)20-12-8-9-16(19)15-20/h7,10-11,14,16H,2-6,8-9,12-13,15,19H2,1H3. The Kier molecular flexibility index (Phi) is 6.87. The van der Waals surface area contributed by atoms with Crippen molar-refractivity contribution >= 4 is 5.69 Å². The third-order valence-electron chi connectivity index (χ3n) is 4.16. The van der Waals surface area contributed by atoms with Gasteiger partial charge < -0.3 is 15.4 Å². The van der Waals surface area contributed by atoms with Gasteiger partial charge in [-0.25, -0.2) is 0 Å². The molecule has 3 heteroatoms. The first-order valence-electron chi connectivity index (χ1n) is 8.53. The molecule has 1 aliphatic heterocycles. The number of unbranched alkanes of at least 4 members (excludes halogenated alkanes) is 4. The fourth-order valence-electron chi connectivity index (χ4n) is 2.91. The van der Waals surface area contributed by atoms with E-state index in [1.54, 1.807) is 0 Å². The minimum atomic E-state index is 0.307. The van der Waals surface area contributed by atoms with Gasteiger partial charge >= 0.3 is 0 Å². The molecule has 1 unspecified atom stereocenters. The highest BCUT2D eigenvalue weighted by Crippen LogP contribution is 2.24. The molecule has 2 N–H and O–H groups in total. The summed E-state index contributed by atoms with van der Waals surface area (Å²) in [5, 5.41) is 0. The van der Waals surface area contributed by atoms with Crippen LogP contribution in [0.25, 0.3) is 0 Å². The molecule has 0 spiro atoms. The van der Waals surface area contributed by atoms with Crippen LogP contribution in [0.2, 0.25) is 0 Å². The van der Waals surface area contributed by atoms with Crippen LogP contribution in [0, 0.1) is 0 Å². The van der Waals surface area contributed by atoms with Gasteiger partial charge in [0.25, 0.3) is 0 Å². The Morgan fingerprint density at radius 1 is 1.24 bits per heavy atom. The molecule has 0 aliphatic carbocycles. The summed E-state index contributed by atoms with van der Waals surface area (Å²) in [6.45, 7) is 5.13. The maximum Gasteiger partial charge on any atom is 0.121 e. The number of hydrogen-bond donors (Lipinski definition) is 1. The van der Waals surface area contributed by atoms with Gasteiger partial charge in [0.2, 0.25) is 0 Å². The van der Waals surface area contributed by atoms with E-state index in [1.165, 1.54) is 37.8 Å². The average molecular weight is 290 g/mol. The summed E-state index contributed by atoms with van der Waals surface area (Å²) in [7, 11) is 0. The first kappa shape index (κ1) is 16.2. The third-order valence-corrected chi connectivity index (χ3v) is 4.16. The second-order valence-corrected chi connectivity index (χ2v) is 6.11. The molecular weight excluding hydrogens is 260 g/mol. The number of benzene rings is 1. The summed E-state index contributed by atoms with van der Waals surface area (Å²) in [5.74, 6) is 0.988. The van der Waals surface area contributed by atoms with Crippen molar-refractivity contribution in [3.8, 4) is 5.75 Å². The van der Waals surface area contributed by atoms with Crippen LogP contribution in [0.5, 0.6) is 5.75 Å². The molecule has 0 radical (unpaired) electrons. The highest BCUT2D eigenvalue weighted by molar-refractivity contribution is 5.51. The SMILES string of the molecule is CCCCCCCOc1cccc(N2CCCC(N)C2)c1. The summed E-state index contributed by atoms with van der Waals surface area (Å²) < 4.78 is 5.89. The smallest absolute Gasteiger partial charge is 0.121 e. The van der Waals surface area contributed by atoms with Gasteiger partial charge in [-0.15, -0.1) is 0 Å². The number of anilines is 1. The highest BCUT2D eigenvalue weighted by Gasteiger charge is 2.17. The largest absolute Gasteiger partial charge is 0.494 e. The minimum absolute atomic E-state index is 0.307. The number of nitrogens with two attached hydrogens (primary N) is 1. The van der Waals surface area contributed by atoms with Crippen molar-refractivity contribution in [1.29, 1.82) is 0 Å². The van der Waals surface area contributed by atoms with Gasteiger partial charge in [0.05, 0.1) is 6.61 Å². The lowest BCUT2D eigenvalue weighted by Crippen LogP contribution is -2.42. The van der Waals surface area contributed by atoms with E-state index in [0.29, 0.717) is 6.04 Å². The van der Waals surface area contributed by atoms with Crippen molar-refractivity contribution < 1.29 is 4.74 Å². The second-order valence-electron chi connectivity index (χ2n) is 6.11. The average Bonchev–Trinajstić information content (AvgIpc) is 2.51. The monoisotopic (exact) mass is 290 g/mol. The van der Waals surface area contributed by atoms with Crippen molar-refractivity contribution in [3.05, 3.63) is 24.3 Å². The number of hydrogen-bond acceptors (Lipinski definition) is 3. The molecule has 1 saturated heterocycles. The molecule has 1 aromatic rings. The van der Waals surface area contributed by atoms with Gasteiger partial charge in [-0.1, -0.05) is 38.7 Å². The maximum atomic E-state index is 6.07. The Morgan fingerprint density at radius 3 is 2.90 bits per heavy atom. The molecule has 0 aromatic heterocycles. The van der Waals surface area contributed by atoms with E-state index in [2.05, 4.69) is 36.1 Å². The number of piperidine rings is 1. The van der Waals surface area contributed by atoms with Crippen LogP contribution in [-0.2, 0) is 0 Å². The normalized spacial score (nSPS) is 18.8. The summed E-state index contributed by atoms with van der Waals surface area (Å²) in [6, 6.07) is 8.76. The molecule has 118 valence electrons. The molecule has 1 aliphatic rings. The lowest BCUT2D eigenvalue weighted by atomic mass is 10.1. The van der Waals surface area contributed by atoms with E-state index in [9.17, 15) is 0 Å². The molecule has 0 saturated carbocycles. The quantitative estimate of drug-likeness (QED) is 0.736. The van der Waals surface area contributed by atoms with Gasteiger partial charge in [-0.05, 0) is 31.4 Å². The molecule has 1 aromatic carbocycles. The summed E-state index contributed by atoms with van der Waals surface area (Å²) in [5.41, 5.74) is 7.31. The van der Waals surface area contributed by atoms with Crippen molar-refractivity contribution in [2.75, 3.05) is 24.6 Å². The number of rotatable bonds is 8. The van der Waals surface area contributed by atoms with Crippen LogP contribution in [0.3, 0.4) is 0 Å². The Morgan fingerprint density at radius 2 is 2.10 bits per heavy atom. The molecule has 1 fully saturated rings. The van der Waals surface area contributed by atoms with Gasteiger partial charge in [-0.3, -0.25) is 0 Å². The minimum Gasteiger partial charge on any atom is -0.494 e. The molecule has 21 heavy (non-hydrogen) atoms. The topological polar surface area (TPSA) is 38.5 Å². The Hall–Kier alpha value is -1.22. The van der Waals surface area contributed by atoms with E-state index in [4.69, 9.17) is 10.5 Å². The zero-order chi connectivity index (χ0) is 14.9. The Bertz CT molecular complexity index is 408. The number of ether oxygens (including phenoxy) is 1. The van der Waals surface area contributed by atoms with Crippen molar-refractivity contribution in [2.24, 2.45) is 5.73 Å². The van der Waals surface area contributed by atoms with Crippen molar-refractivity contribution in [1.82, 2.24) is 0 Å². The van der Waals surface area contributed by atoms with Gasteiger partial charge in [-0.2, -0.15) is 0 Å². The van der Waals surface area contributed by atoms with Gasteiger partial charge in [0.1, 0.15) is 5.75 Å². The summed E-state index contributed by atoms with van der Waals surface area (Å²) in [4.78, 5) is 2.38. The molecule has 0 amide bonds. The molecular formula is C18H30N2O. The molecule has 2 rings (SSSR count). The highest BCUT2D eigenvalue weighted by atomic mass is 16.5. The maximum absolute atomic E-state index is 6.07. The fourth-order valence-corrected chi connectivity index (χ4v) is 2.91. The predicted molar refractivity (Wildman–Crippen MR) is 90.1 cm³/mol. The lowest BCUT2D eigenvalue weighted by molar-refractivity contribution is 0.304. The first-order valence-corrected chi connectivity index (χ1v) is 8.53. The van der Waals surface area contributed by atoms with Crippen LogP contribution >= 0.6 is 0 Å². The van der Waals surface area contributed by atoms with E-state index in [0.717, 1.165) is 38.3 Å². The zero-order valence-corrected chi connectivity index (χ0v) is 13.4. The zero-order valence-electron chi connectivity index (χ0n) is 13.4. The van der Waals surface area contributed by atoms with E-state index >= 15 is 0 Å². The van der Waals surface area contributed by atoms with Crippen molar-refractivity contribution in [3.63, 3.8) is 0 Å². The van der Waals surface area contributed by atoms with Crippen LogP contribution < -0.4 is 15.4 Å². The van der Waals surface area contributed by atoms with Gasteiger partial charge in [0, 0.05) is 30.9 Å². The fraction of sp³-hybridized carbons (Fsp3) is 0.667. The van der Waals surface area contributed by atoms with Crippen LogP contribution in [0.1, 0.15) is 51.9 Å².